The average Bonchev–Trinajstić information content (AvgIpc) is 2.36. The van der Waals surface area contributed by atoms with Gasteiger partial charge in [-0.2, -0.15) is 0 Å². The Labute approximate surface area is 135 Å². The van der Waals surface area contributed by atoms with Crippen molar-refractivity contribution in [2.45, 2.75) is 6.92 Å². The highest BCUT2D eigenvalue weighted by molar-refractivity contribution is 14.1. The molecule has 0 aliphatic carbocycles. The van der Waals surface area contributed by atoms with Crippen LogP contribution in [0.1, 0.15) is 15.9 Å². The lowest BCUT2D eigenvalue weighted by Crippen LogP contribution is -2.13. The first-order valence-electron chi connectivity index (χ1n) is 5.50. The van der Waals surface area contributed by atoms with E-state index in [4.69, 9.17) is 23.2 Å². The van der Waals surface area contributed by atoms with Crippen molar-refractivity contribution in [3.05, 3.63) is 61.1 Å². The molecule has 0 bridgehead atoms. The molecule has 0 spiro atoms. The van der Waals surface area contributed by atoms with Crippen molar-refractivity contribution in [2.24, 2.45) is 0 Å². The Morgan fingerprint density at radius 3 is 2.63 bits per heavy atom. The van der Waals surface area contributed by atoms with E-state index in [0.717, 1.165) is 9.13 Å². The molecular formula is C14H10Cl2INO. The van der Waals surface area contributed by atoms with Gasteiger partial charge in [0.1, 0.15) is 0 Å². The number of nitrogens with one attached hydrogen (secondary N) is 1. The minimum absolute atomic E-state index is 0.267. The minimum atomic E-state index is -0.267. The van der Waals surface area contributed by atoms with Gasteiger partial charge in [0.25, 0.3) is 5.91 Å². The Morgan fingerprint density at radius 1 is 1.21 bits per heavy atom. The summed E-state index contributed by atoms with van der Waals surface area (Å²) >= 11 is 14.4. The van der Waals surface area contributed by atoms with Gasteiger partial charge in [0.05, 0.1) is 21.3 Å². The molecule has 0 aliphatic rings. The highest BCUT2D eigenvalue weighted by atomic mass is 127. The second kappa shape index (κ2) is 6.11. The maximum atomic E-state index is 12.2. The van der Waals surface area contributed by atoms with Gasteiger partial charge in [-0.25, -0.2) is 0 Å². The summed E-state index contributed by atoms with van der Waals surface area (Å²) in [6.07, 6.45) is 0. The van der Waals surface area contributed by atoms with Crippen LogP contribution >= 0.6 is 45.8 Å². The smallest absolute Gasteiger partial charge is 0.257 e. The molecule has 2 aromatic rings. The highest BCUT2D eigenvalue weighted by Crippen LogP contribution is 2.26. The summed E-state index contributed by atoms with van der Waals surface area (Å²) in [5.74, 6) is -0.267. The lowest BCUT2D eigenvalue weighted by molar-refractivity contribution is 0.102. The third-order valence-electron chi connectivity index (χ3n) is 2.62. The Bertz CT molecular complexity index is 643. The number of carbonyl (C=O) groups excluding carboxylic acids is 1. The average molecular weight is 406 g/mol. The number of benzene rings is 2. The van der Waals surface area contributed by atoms with Crippen molar-refractivity contribution in [3.63, 3.8) is 0 Å². The second-order valence-electron chi connectivity index (χ2n) is 4.01. The van der Waals surface area contributed by atoms with Crippen molar-refractivity contribution in [1.82, 2.24) is 0 Å². The molecule has 0 unspecified atom stereocenters. The summed E-state index contributed by atoms with van der Waals surface area (Å²) in [6.45, 7) is 1.86. The van der Waals surface area contributed by atoms with E-state index in [-0.39, 0.29) is 5.91 Å². The van der Waals surface area contributed by atoms with Crippen LogP contribution in [0, 0.1) is 10.5 Å². The lowest BCUT2D eigenvalue weighted by Gasteiger charge is -2.09. The summed E-state index contributed by atoms with van der Waals surface area (Å²) in [5, 5.41) is 3.73. The van der Waals surface area contributed by atoms with E-state index in [2.05, 4.69) is 27.9 Å². The highest BCUT2D eigenvalue weighted by Gasteiger charge is 2.13. The molecule has 0 aliphatic heterocycles. The SMILES string of the molecule is Cc1cccc(C(=O)Nc2ccc(I)cc2Cl)c1Cl. The normalized spacial score (nSPS) is 10.3. The van der Waals surface area contributed by atoms with Gasteiger partial charge >= 0.3 is 0 Å². The first-order valence-corrected chi connectivity index (χ1v) is 7.34. The van der Waals surface area contributed by atoms with E-state index < -0.39 is 0 Å². The molecule has 2 rings (SSSR count). The Balaban J connectivity index is 2.28. The molecule has 0 saturated heterocycles. The second-order valence-corrected chi connectivity index (χ2v) is 6.05. The van der Waals surface area contributed by atoms with E-state index in [0.29, 0.717) is 21.3 Å². The number of carbonyl (C=O) groups is 1. The van der Waals surface area contributed by atoms with Crippen LogP contribution in [0.3, 0.4) is 0 Å². The van der Waals surface area contributed by atoms with Gasteiger partial charge in [0, 0.05) is 3.57 Å². The van der Waals surface area contributed by atoms with Gasteiger partial charge in [0.15, 0.2) is 0 Å². The van der Waals surface area contributed by atoms with Crippen molar-refractivity contribution in [2.75, 3.05) is 5.32 Å². The molecule has 0 saturated carbocycles. The monoisotopic (exact) mass is 405 g/mol. The van der Waals surface area contributed by atoms with E-state index >= 15 is 0 Å². The number of hydrogen-bond donors (Lipinski definition) is 1. The maximum absolute atomic E-state index is 12.2. The van der Waals surface area contributed by atoms with Crippen molar-refractivity contribution < 1.29 is 4.79 Å². The molecule has 0 fully saturated rings. The molecule has 98 valence electrons. The molecule has 2 aromatic carbocycles. The number of halogens is 3. The molecule has 5 heteroatoms. The molecule has 0 aromatic heterocycles. The fraction of sp³-hybridized carbons (Fsp3) is 0.0714. The van der Waals surface area contributed by atoms with E-state index in [9.17, 15) is 4.79 Å². The van der Waals surface area contributed by atoms with Crippen LogP contribution in [-0.2, 0) is 0 Å². The first kappa shape index (κ1) is 14.6. The first-order chi connectivity index (χ1) is 8.99. The summed E-state index contributed by atoms with van der Waals surface area (Å²) in [7, 11) is 0. The quantitative estimate of drug-likeness (QED) is 0.687. The number of aryl methyl sites for hydroxylation is 1. The number of amides is 1. The zero-order valence-corrected chi connectivity index (χ0v) is 13.7. The third-order valence-corrected chi connectivity index (χ3v) is 4.10. The van der Waals surface area contributed by atoms with Gasteiger partial charge in [-0.05, 0) is 59.3 Å². The molecule has 1 amide bonds. The van der Waals surface area contributed by atoms with Crippen LogP contribution in [0.5, 0.6) is 0 Å². The molecule has 2 nitrogen and oxygen atoms in total. The predicted octanol–water partition coefficient (Wildman–Crippen LogP) is 5.16. The van der Waals surface area contributed by atoms with Crippen LogP contribution < -0.4 is 5.32 Å². The molecule has 0 radical (unpaired) electrons. The van der Waals surface area contributed by atoms with Crippen LogP contribution in [-0.4, -0.2) is 5.91 Å². The third kappa shape index (κ3) is 3.41. The largest absolute Gasteiger partial charge is 0.321 e. The summed E-state index contributed by atoms with van der Waals surface area (Å²) in [4.78, 5) is 12.2. The minimum Gasteiger partial charge on any atom is -0.321 e. The molecule has 0 atom stereocenters. The van der Waals surface area contributed by atoms with E-state index in [1.165, 1.54) is 0 Å². The molecule has 0 heterocycles. The van der Waals surface area contributed by atoms with E-state index in [1.54, 1.807) is 24.3 Å². The fourth-order valence-electron chi connectivity index (χ4n) is 1.60. The number of rotatable bonds is 2. The zero-order chi connectivity index (χ0) is 14.0. The number of hydrogen-bond acceptors (Lipinski definition) is 1. The van der Waals surface area contributed by atoms with Crippen LogP contribution in [0.4, 0.5) is 5.69 Å². The van der Waals surface area contributed by atoms with Crippen molar-refractivity contribution in [1.29, 1.82) is 0 Å². The number of anilines is 1. The lowest BCUT2D eigenvalue weighted by atomic mass is 10.1. The van der Waals surface area contributed by atoms with Crippen molar-refractivity contribution >= 4 is 57.4 Å². The van der Waals surface area contributed by atoms with Gasteiger partial charge in [-0.15, -0.1) is 0 Å². The Kier molecular flexibility index (Phi) is 4.71. The Hall–Kier alpha value is -0.780. The molecule has 19 heavy (non-hydrogen) atoms. The van der Waals surface area contributed by atoms with Gasteiger partial charge in [0.2, 0.25) is 0 Å². The van der Waals surface area contributed by atoms with Gasteiger partial charge < -0.3 is 5.32 Å². The van der Waals surface area contributed by atoms with E-state index in [1.807, 2.05) is 19.1 Å². The molecule has 1 N–H and O–H groups in total. The van der Waals surface area contributed by atoms with Crippen LogP contribution in [0.25, 0.3) is 0 Å². The van der Waals surface area contributed by atoms with Gasteiger partial charge in [-0.1, -0.05) is 35.3 Å². The van der Waals surface area contributed by atoms with Crippen molar-refractivity contribution in [3.8, 4) is 0 Å². The summed E-state index contributed by atoms with van der Waals surface area (Å²) < 4.78 is 1.01. The maximum Gasteiger partial charge on any atom is 0.257 e. The standard InChI is InChI=1S/C14H10Cl2INO/c1-8-3-2-4-10(13(8)16)14(19)18-12-6-5-9(17)7-11(12)15/h2-7H,1H3,(H,18,19). The van der Waals surface area contributed by atoms with Crippen LogP contribution in [0.2, 0.25) is 10.0 Å². The zero-order valence-electron chi connectivity index (χ0n) is 10.0. The molecular weight excluding hydrogens is 396 g/mol. The Morgan fingerprint density at radius 2 is 1.95 bits per heavy atom. The summed E-state index contributed by atoms with van der Waals surface area (Å²) in [6, 6.07) is 10.8. The topological polar surface area (TPSA) is 29.1 Å². The predicted molar refractivity (Wildman–Crippen MR) is 88.3 cm³/mol. The van der Waals surface area contributed by atoms with Gasteiger partial charge in [-0.3, -0.25) is 4.79 Å². The fourth-order valence-corrected chi connectivity index (χ4v) is 2.72. The summed E-state index contributed by atoms with van der Waals surface area (Å²) in [5.41, 5.74) is 1.88. The van der Waals surface area contributed by atoms with Crippen LogP contribution in [0.15, 0.2) is 36.4 Å².